The molecule has 1 saturated heterocycles. The van der Waals surface area contributed by atoms with E-state index in [1.807, 2.05) is 24.3 Å². The molecule has 3 heteroatoms. The topological polar surface area (TPSA) is 53.0 Å². The van der Waals surface area contributed by atoms with Gasteiger partial charge in [0.05, 0.1) is 11.3 Å². The monoisotopic (exact) mass is 229 g/mol. The predicted octanol–water partition coefficient (Wildman–Crippen LogP) is 2.26. The van der Waals surface area contributed by atoms with Gasteiger partial charge in [-0.3, -0.25) is 0 Å². The lowest BCUT2D eigenvalue weighted by Gasteiger charge is -2.42. The van der Waals surface area contributed by atoms with Crippen LogP contribution in [0.4, 0.5) is 5.69 Å². The molecule has 1 aromatic rings. The molecule has 1 aliphatic rings. The Bertz CT molecular complexity index is 422. The summed E-state index contributed by atoms with van der Waals surface area (Å²) < 4.78 is 0. The lowest BCUT2D eigenvalue weighted by Crippen LogP contribution is -2.49. The van der Waals surface area contributed by atoms with Crippen LogP contribution in [0.25, 0.3) is 0 Å². The van der Waals surface area contributed by atoms with Gasteiger partial charge in [-0.05, 0) is 38.3 Å². The van der Waals surface area contributed by atoms with Crippen molar-refractivity contribution in [3.05, 3.63) is 29.8 Å². The third kappa shape index (κ3) is 2.27. The first-order chi connectivity index (χ1) is 8.27. The maximum Gasteiger partial charge on any atom is 0.101 e. The fourth-order valence-corrected chi connectivity index (χ4v) is 2.75. The molecule has 1 aliphatic heterocycles. The molecule has 2 N–H and O–H groups in total. The molecule has 1 heterocycles. The number of nitrogens with two attached hydrogens (primary N) is 1. The molecule has 1 aromatic carbocycles. The molecule has 90 valence electrons. The Morgan fingerprint density at radius 2 is 2.18 bits per heavy atom. The fourth-order valence-electron chi connectivity index (χ4n) is 2.75. The van der Waals surface area contributed by atoms with Gasteiger partial charge in [0.2, 0.25) is 0 Å². The van der Waals surface area contributed by atoms with Gasteiger partial charge in [-0.2, -0.15) is 5.26 Å². The van der Waals surface area contributed by atoms with Gasteiger partial charge in [-0.1, -0.05) is 12.1 Å². The number of hydrogen-bond acceptors (Lipinski definition) is 3. The van der Waals surface area contributed by atoms with E-state index in [-0.39, 0.29) is 0 Å². The van der Waals surface area contributed by atoms with E-state index >= 15 is 0 Å². The van der Waals surface area contributed by atoms with E-state index in [9.17, 15) is 5.26 Å². The Morgan fingerprint density at radius 3 is 2.88 bits per heavy atom. The van der Waals surface area contributed by atoms with Crippen LogP contribution in [0.3, 0.4) is 0 Å². The van der Waals surface area contributed by atoms with Gasteiger partial charge >= 0.3 is 0 Å². The van der Waals surface area contributed by atoms with Crippen LogP contribution in [0.15, 0.2) is 24.3 Å². The molecule has 3 nitrogen and oxygen atoms in total. The van der Waals surface area contributed by atoms with Crippen LogP contribution in [-0.4, -0.2) is 18.6 Å². The lowest BCUT2D eigenvalue weighted by molar-refractivity contribution is 0.400. The SMILES string of the molecule is CC1CCCC(CN)N1c1ccccc1C#N. The Labute approximate surface area is 103 Å². The molecule has 0 spiro atoms. The maximum atomic E-state index is 9.19. The molecule has 17 heavy (non-hydrogen) atoms. The van der Waals surface area contributed by atoms with Crippen LogP contribution in [0.2, 0.25) is 0 Å². The molecule has 0 aromatic heterocycles. The highest BCUT2D eigenvalue weighted by atomic mass is 15.2. The minimum Gasteiger partial charge on any atom is -0.364 e. The molecule has 0 saturated carbocycles. The number of nitriles is 1. The van der Waals surface area contributed by atoms with Crippen LogP contribution < -0.4 is 10.6 Å². The molecule has 2 atom stereocenters. The minimum atomic E-state index is 0.369. The highest BCUT2D eigenvalue weighted by molar-refractivity contribution is 5.60. The van der Waals surface area contributed by atoms with Gasteiger partial charge < -0.3 is 10.6 Å². The van der Waals surface area contributed by atoms with Gasteiger partial charge in [-0.25, -0.2) is 0 Å². The zero-order chi connectivity index (χ0) is 12.3. The van der Waals surface area contributed by atoms with E-state index in [1.54, 1.807) is 0 Å². The Morgan fingerprint density at radius 1 is 1.41 bits per heavy atom. The first kappa shape index (κ1) is 11.9. The van der Waals surface area contributed by atoms with Crippen LogP contribution in [0.1, 0.15) is 31.7 Å². The van der Waals surface area contributed by atoms with Crippen LogP contribution in [-0.2, 0) is 0 Å². The van der Waals surface area contributed by atoms with Crippen LogP contribution >= 0.6 is 0 Å². The summed E-state index contributed by atoms with van der Waals surface area (Å²) in [5.41, 5.74) is 7.65. The fraction of sp³-hybridized carbons (Fsp3) is 0.500. The van der Waals surface area contributed by atoms with E-state index < -0.39 is 0 Å². The van der Waals surface area contributed by atoms with Crippen molar-refractivity contribution in [2.24, 2.45) is 5.73 Å². The highest BCUT2D eigenvalue weighted by Crippen LogP contribution is 2.30. The largest absolute Gasteiger partial charge is 0.364 e. The second-order valence-corrected chi connectivity index (χ2v) is 4.71. The van der Waals surface area contributed by atoms with E-state index in [0.717, 1.165) is 17.7 Å². The van der Waals surface area contributed by atoms with Gasteiger partial charge in [-0.15, -0.1) is 0 Å². The number of piperidine rings is 1. The molecule has 0 aliphatic carbocycles. The zero-order valence-electron chi connectivity index (χ0n) is 10.3. The Hall–Kier alpha value is -1.53. The summed E-state index contributed by atoms with van der Waals surface area (Å²) in [6.45, 7) is 2.88. The predicted molar refractivity (Wildman–Crippen MR) is 69.8 cm³/mol. The summed E-state index contributed by atoms with van der Waals surface area (Å²) in [6.07, 6.45) is 3.53. The third-order valence-corrected chi connectivity index (χ3v) is 3.60. The van der Waals surface area contributed by atoms with E-state index in [2.05, 4.69) is 17.9 Å². The second kappa shape index (κ2) is 5.20. The molecular formula is C14H19N3. The quantitative estimate of drug-likeness (QED) is 0.846. The number of rotatable bonds is 2. The van der Waals surface area contributed by atoms with E-state index in [4.69, 9.17) is 5.73 Å². The first-order valence-electron chi connectivity index (χ1n) is 6.25. The third-order valence-electron chi connectivity index (χ3n) is 3.60. The van der Waals surface area contributed by atoms with E-state index in [0.29, 0.717) is 18.6 Å². The minimum absolute atomic E-state index is 0.369. The lowest BCUT2D eigenvalue weighted by atomic mass is 9.94. The van der Waals surface area contributed by atoms with Crippen molar-refractivity contribution >= 4 is 5.69 Å². The van der Waals surface area contributed by atoms with Crippen LogP contribution in [0.5, 0.6) is 0 Å². The molecule has 2 rings (SSSR count). The average molecular weight is 229 g/mol. The number of para-hydroxylation sites is 1. The normalized spacial score (nSPS) is 24.4. The van der Waals surface area contributed by atoms with Gasteiger partial charge in [0.1, 0.15) is 6.07 Å². The first-order valence-corrected chi connectivity index (χ1v) is 6.25. The molecule has 1 fully saturated rings. The standard InChI is InChI=1S/C14H19N3/c1-11-5-4-7-13(10-16)17(11)14-8-3-2-6-12(14)9-15/h2-3,6,8,11,13H,4-5,7,10,16H2,1H3. The van der Waals surface area contributed by atoms with Crippen molar-refractivity contribution in [2.45, 2.75) is 38.3 Å². The summed E-state index contributed by atoms with van der Waals surface area (Å²) in [5.74, 6) is 0. The van der Waals surface area contributed by atoms with Crippen molar-refractivity contribution in [1.29, 1.82) is 5.26 Å². The van der Waals surface area contributed by atoms with Gasteiger partial charge in [0.15, 0.2) is 0 Å². The summed E-state index contributed by atoms with van der Waals surface area (Å²) >= 11 is 0. The summed E-state index contributed by atoms with van der Waals surface area (Å²) in [4.78, 5) is 2.34. The van der Waals surface area contributed by atoms with Crippen molar-refractivity contribution in [1.82, 2.24) is 0 Å². The van der Waals surface area contributed by atoms with Gasteiger partial charge in [0, 0.05) is 18.6 Å². The Balaban J connectivity index is 2.38. The summed E-state index contributed by atoms with van der Waals surface area (Å²) in [5, 5.41) is 9.19. The highest BCUT2D eigenvalue weighted by Gasteiger charge is 2.28. The summed E-state index contributed by atoms with van der Waals surface area (Å²) in [7, 11) is 0. The van der Waals surface area contributed by atoms with Crippen molar-refractivity contribution in [3.8, 4) is 6.07 Å². The maximum absolute atomic E-state index is 9.19. The molecule has 0 bridgehead atoms. The van der Waals surface area contributed by atoms with Crippen LogP contribution in [0, 0.1) is 11.3 Å². The molecule has 0 radical (unpaired) electrons. The number of anilines is 1. The second-order valence-electron chi connectivity index (χ2n) is 4.71. The number of benzene rings is 1. The average Bonchev–Trinajstić information content (AvgIpc) is 2.38. The molecular weight excluding hydrogens is 210 g/mol. The van der Waals surface area contributed by atoms with Gasteiger partial charge in [0.25, 0.3) is 0 Å². The molecule has 0 amide bonds. The Kier molecular flexibility index (Phi) is 3.65. The van der Waals surface area contributed by atoms with Crippen molar-refractivity contribution in [3.63, 3.8) is 0 Å². The smallest absolute Gasteiger partial charge is 0.101 e. The van der Waals surface area contributed by atoms with E-state index in [1.165, 1.54) is 12.8 Å². The zero-order valence-corrected chi connectivity index (χ0v) is 10.3. The van der Waals surface area contributed by atoms with Crippen molar-refractivity contribution in [2.75, 3.05) is 11.4 Å². The number of hydrogen-bond donors (Lipinski definition) is 1. The molecule has 2 unspecified atom stereocenters. The number of nitrogens with zero attached hydrogens (tertiary/aromatic N) is 2. The van der Waals surface area contributed by atoms with Crippen molar-refractivity contribution < 1.29 is 0 Å². The summed E-state index contributed by atoms with van der Waals surface area (Å²) in [6, 6.07) is 10.9.